The maximum atomic E-state index is 12.0. The Morgan fingerprint density at radius 2 is 2.00 bits per heavy atom. The lowest BCUT2D eigenvalue weighted by molar-refractivity contribution is 0.415. The molecule has 0 saturated heterocycles. The Morgan fingerprint density at radius 1 is 1.15 bits per heavy atom. The fourth-order valence-corrected chi connectivity index (χ4v) is 3.78. The Labute approximate surface area is 151 Å². The van der Waals surface area contributed by atoms with Crippen LogP contribution in [0, 0.1) is 4.78 Å². The van der Waals surface area contributed by atoms with Crippen LogP contribution in [0.5, 0.6) is 5.75 Å². The number of nitrogens with zero attached hydrogens (tertiary/aromatic N) is 3. The Bertz CT molecular complexity index is 1230. The smallest absolute Gasteiger partial charge is 0.121 e. The van der Waals surface area contributed by atoms with E-state index >= 15 is 0 Å². The number of ether oxygens (including phenoxy) is 1. The molecule has 0 saturated carbocycles. The van der Waals surface area contributed by atoms with Crippen LogP contribution in [0.2, 0.25) is 0 Å². The van der Waals surface area contributed by atoms with E-state index in [1.165, 1.54) is 6.26 Å². The van der Waals surface area contributed by atoms with Gasteiger partial charge in [0, 0.05) is 29.1 Å². The predicted molar refractivity (Wildman–Crippen MR) is 102 cm³/mol. The molecule has 1 atom stereocenters. The molecular weight excluding hydrogens is 348 g/mol. The van der Waals surface area contributed by atoms with E-state index in [0.29, 0.717) is 11.4 Å². The Balaban J connectivity index is 1.84. The molecule has 4 aromatic rings. The summed E-state index contributed by atoms with van der Waals surface area (Å²) in [5, 5.41) is 0.997. The number of benzene rings is 2. The molecule has 0 fully saturated rings. The number of rotatable bonds is 4. The van der Waals surface area contributed by atoms with Gasteiger partial charge in [-0.25, -0.2) is 14.0 Å². The molecule has 0 amide bonds. The van der Waals surface area contributed by atoms with Crippen molar-refractivity contribution in [3.05, 3.63) is 60.6 Å². The number of fused-ring (bicyclic) bond motifs is 3. The molecule has 26 heavy (non-hydrogen) atoms. The molecule has 1 unspecified atom stereocenters. The van der Waals surface area contributed by atoms with Gasteiger partial charge in [0.25, 0.3) is 0 Å². The molecule has 4 rings (SSSR count). The average Bonchev–Trinajstić information content (AvgIpc) is 3.04. The standard InChI is InChI=1S/C19H18N4O2S/c1-25-14-6-7-16-17(9-14)21-10-18-19(16)23(12-22-18)11-13-4-3-5-15(8-13)26(2,20)24/h3-10,12,20H,11H2,1-2H3. The van der Waals surface area contributed by atoms with Gasteiger partial charge < -0.3 is 9.30 Å². The van der Waals surface area contributed by atoms with E-state index in [4.69, 9.17) is 9.52 Å². The molecule has 2 aromatic carbocycles. The third-order valence-corrected chi connectivity index (χ3v) is 5.51. The van der Waals surface area contributed by atoms with Crippen LogP contribution >= 0.6 is 0 Å². The highest BCUT2D eigenvalue weighted by molar-refractivity contribution is 7.91. The maximum absolute atomic E-state index is 12.0. The van der Waals surface area contributed by atoms with Crippen molar-refractivity contribution < 1.29 is 8.95 Å². The fourth-order valence-electron chi connectivity index (χ4n) is 3.06. The first kappa shape index (κ1) is 16.5. The summed E-state index contributed by atoms with van der Waals surface area (Å²) in [6, 6.07) is 13.2. The number of nitrogens with one attached hydrogen (secondary N) is 1. The minimum absolute atomic E-state index is 0.538. The summed E-state index contributed by atoms with van der Waals surface area (Å²) in [5.74, 6) is 0.760. The molecule has 0 radical (unpaired) electrons. The van der Waals surface area contributed by atoms with Crippen LogP contribution in [0.4, 0.5) is 0 Å². The van der Waals surface area contributed by atoms with Gasteiger partial charge in [0.15, 0.2) is 0 Å². The van der Waals surface area contributed by atoms with Crippen molar-refractivity contribution in [2.75, 3.05) is 13.4 Å². The third kappa shape index (κ3) is 2.90. The molecule has 0 aliphatic carbocycles. The summed E-state index contributed by atoms with van der Waals surface area (Å²) in [4.78, 5) is 9.46. The van der Waals surface area contributed by atoms with E-state index in [0.717, 1.165) is 33.2 Å². The van der Waals surface area contributed by atoms with Gasteiger partial charge in [-0.1, -0.05) is 12.1 Å². The summed E-state index contributed by atoms with van der Waals surface area (Å²) in [7, 11) is -1.10. The Hall–Kier alpha value is -2.93. The maximum Gasteiger partial charge on any atom is 0.121 e. The van der Waals surface area contributed by atoms with Gasteiger partial charge in [-0.15, -0.1) is 0 Å². The first-order chi connectivity index (χ1) is 12.5. The van der Waals surface area contributed by atoms with Crippen LogP contribution in [-0.2, 0) is 16.3 Å². The molecule has 2 heterocycles. The first-order valence-corrected chi connectivity index (χ1v) is 10.0. The molecular formula is C19H18N4O2S. The zero-order chi connectivity index (χ0) is 18.3. The second-order valence-electron chi connectivity index (χ2n) is 6.24. The second kappa shape index (κ2) is 6.10. The van der Waals surface area contributed by atoms with E-state index in [1.807, 2.05) is 41.0 Å². The zero-order valence-electron chi connectivity index (χ0n) is 14.5. The van der Waals surface area contributed by atoms with Crippen molar-refractivity contribution in [1.82, 2.24) is 14.5 Å². The van der Waals surface area contributed by atoms with Crippen molar-refractivity contribution in [2.45, 2.75) is 11.4 Å². The molecule has 7 heteroatoms. The lowest BCUT2D eigenvalue weighted by atomic mass is 10.1. The van der Waals surface area contributed by atoms with Crippen LogP contribution in [0.3, 0.4) is 0 Å². The zero-order valence-corrected chi connectivity index (χ0v) is 15.3. The topological polar surface area (TPSA) is 80.9 Å². The highest BCUT2D eigenvalue weighted by Gasteiger charge is 2.11. The lowest BCUT2D eigenvalue weighted by Crippen LogP contribution is -2.01. The van der Waals surface area contributed by atoms with Gasteiger partial charge in [0.05, 0.1) is 40.4 Å². The van der Waals surface area contributed by atoms with Gasteiger partial charge in [-0.2, -0.15) is 0 Å². The number of pyridine rings is 1. The second-order valence-corrected chi connectivity index (χ2v) is 8.40. The van der Waals surface area contributed by atoms with Crippen molar-refractivity contribution in [3.63, 3.8) is 0 Å². The SMILES string of the molecule is COc1ccc2c(c1)ncc1ncn(Cc3cccc(S(C)(=N)=O)c3)c12. The van der Waals surface area contributed by atoms with Gasteiger partial charge in [-0.3, -0.25) is 4.98 Å². The highest BCUT2D eigenvalue weighted by atomic mass is 32.2. The number of methoxy groups -OCH3 is 1. The van der Waals surface area contributed by atoms with Crippen molar-refractivity contribution in [2.24, 2.45) is 0 Å². The van der Waals surface area contributed by atoms with E-state index < -0.39 is 9.73 Å². The Morgan fingerprint density at radius 3 is 2.77 bits per heavy atom. The van der Waals surface area contributed by atoms with Crippen LogP contribution in [0.15, 0.2) is 59.9 Å². The summed E-state index contributed by atoms with van der Waals surface area (Å²) in [6.07, 6.45) is 4.98. The summed E-state index contributed by atoms with van der Waals surface area (Å²) >= 11 is 0. The van der Waals surface area contributed by atoms with Crippen LogP contribution < -0.4 is 4.74 Å². The van der Waals surface area contributed by atoms with Gasteiger partial charge in [0.1, 0.15) is 11.3 Å². The number of aromatic nitrogens is 3. The average molecular weight is 366 g/mol. The Kier molecular flexibility index (Phi) is 3.88. The summed E-state index contributed by atoms with van der Waals surface area (Å²) < 4.78 is 27.1. The van der Waals surface area contributed by atoms with E-state index in [1.54, 1.807) is 25.7 Å². The first-order valence-electron chi connectivity index (χ1n) is 8.06. The summed E-state index contributed by atoms with van der Waals surface area (Å²) in [5.41, 5.74) is 3.63. The van der Waals surface area contributed by atoms with Gasteiger partial charge in [-0.05, 0) is 29.8 Å². The van der Waals surface area contributed by atoms with Crippen LogP contribution in [0.25, 0.3) is 21.9 Å². The molecule has 6 nitrogen and oxygen atoms in total. The number of hydrogen-bond donors (Lipinski definition) is 1. The monoisotopic (exact) mass is 366 g/mol. The van der Waals surface area contributed by atoms with Crippen molar-refractivity contribution in [3.8, 4) is 5.75 Å². The summed E-state index contributed by atoms with van der Waals surface area (Å²) in [6.45, 7) is 0.574. The highest BCUT2D eigenvalue weighted by Crippen LogP contribution is 2.27. The van der Waals surface area contributed by atoms with Crippen molar-refractivity contribution in [1.29, 1.82) is 4.78 Å². The quantitative estimate of drug-likeness (QED) is 0.597. The fraction of sp³-hybridized carbons (Fsp3) is 0.158. The third-order valence-electron chi connectivity index (χ3n) is 4.35. The van der Waals surface area contributed by atoms with Crippen molar-refractivity contribution >= 4 is 31.7 Å². The largest absolute Gasteiger partial charge is 0.497 e. The molecule has 0 bridgehead atoms. The van der Waals surface area contributed by atoms with E-state index in [9.17, 15) is 4.21 Å². The van der Waals surface area contributed by atoms with E-state index in [2.05, 4.69) is 9.97 Å². The molecule has 0 aliphatic heterocycles. The predicted octanol–water partition coefficient (Wildman–Crippen LogP) is 3.68. The van der Waals surface area contributed by atoms with Gasteiger partial charge >= 0.3 is 0 Å². The molecule has 1 N–H and O–H groups in total. The minimum atomic E-state index is -2.74. The van der Waals surface area contributed by atoms with Crippen LogP contribution in [-0.4, -0.2) is 32.1 Å². The van der Waals surface area contributed by atoms with E-state index in [-0.39, 0.29) is 0 Å². The number of hydrogen-bond acceptors (Lipinski definition) is 5. The number of imidazole rings is 1. The molecule has 132 valence electrons. The molecule has 0 aliphatic rings. The van der Waals surface area contributed by atoms with Gasteiger partial charge in [0.2, 0.25) is 0 Å². The molecule has 2 aromatic heterocycles. The minimum Gasteiger partial charge on any atom is -0.497 e. The normalized spacial score (nSPS) is 13.8. The van der Waals surface area contributed by atoms with Crippen LogP contribution in [0.1, 0.15) is 5.56 Å². The molecule has 0 spiro atoms. The lowest BCUT2D eigenvalue weighted by Gasteiger charge is -2.09.